The molecule has 7 saturated heterocycles. The molecule has 738 valence electrons. The summed E-state index contributed by atoms with van der Waals surface area (Å²) in [5.41, 5.74) is 0. The third-order valence-corrected chi connectivity index (χ3v) is 22.8. The minimum atomic E-state index is -6.46. The van der Waals surface area contributed by atoms with Gasteiger partial charge in [0.25, 0.3) is 0 Å². The summed E-state index contributed by atoms with van der Waals surface area (Å²) in [4.78, 5) is 39.5. The van der Waals surface area contributed by atoms with Crippen LogP contribution in [0.1, 0.15) is 0 Å². The van der Waals surface area contributed by atoms with Crippen molar-refractivity contribution in [3.05, 3.63) is 0 Å². The van der Waals surface area contributed by atoms with Gasteiger partial charge in [0.05, 0.1) is 26.4 Å². The zero-order valence-electron chi connectivity index (χ0n) is 60.6. The van der Waals surface area contributed by atoms with Gasteiger partial charge in [0, 0.05) is 7.11 Å². The number of carbonyl (C=O) groups is 3. The molecule has 7 fully saturated rings. The molecule has 26 N–H and O–H groups in total. The van der Waals surface area contributed by atoms with Gasteiger partial charge < -0.3 is 122 Å². The predicted octanol–water partition coefficient (Wildman–Crippen LogP) is -19.0. The number of hydrogen-bond acceptors (Lipinski definition) is 54. The number of carboxylic acid groups (broad SMARTS) is 3. The average molecular weight is 2090 g/mol. The Labute approximate surface area is 704 Å². The molecule has 0 saturated carbocycles. The lowest BCUT2D eigenvalue weighted by Gasteiger charge is -2.50. The van der Waals surface area contributed by atoms with Crippen LogP contribution in [0, 0.1) is 0 Å². The second kappa shape index (κ2) is 41.5. The van der Waals surface area contributed by atoms with Crippen LogP contribution in [0.3, 0.4) is 0 Å². The zero-order chi connectivity index (χ0) is 95.9. The van der Waals surface area contributed by atoms with Crippen molar-refractivity contribution in [3.8, 4) is 0 Å². The van der Waals surface area contributed by atoms with E-state index in [0.717, 1.165) is 9.44 Å². The first kappa shape index (κ1) is 109. The number of methoxy groups -OCH3 is 1. The summed E-state index contributed by atoms with van der Waals surface area (Å²) >= 11 is 0. The Morgan fingerprint density at radius 2 is 0.460 bits per heavy atom. The highest BCUT2D eigenvalue weighted by atomic mass is 32.3. The molecule has 83 heteroatoms. The fourth-order valence-electron chi connectivity index (χ4n) is 12.6. The molecule has 7 aliphatic rings. The highest BCUT2D eigenvalue weighted by Gasteiger charge is 2.64. The lowest BCUT2D eigenvalue weighted by Crippen LogP contribution is -2.71. The number of nitrogens with one attached hydrogen (secondary N) is 4. The summed E-state index contributed by atoms with van der Waals surface area (Å²) < 4.78 is 485. The lowest BCUT2D eigenvalue weighted by molar-refractivity contribution is -0.377. The molecule has 35 atom stereocenters. The fraction of sp³-hybridized carbons (Fsp3) is 0.930. The van der Waals surface area contributed by atoms with Gasteiger partial charge in [0.2, 0.25) is 0 Å². The van der Waals surface area contributed by atoms with Gasteiger partial charge in [-0.15, -0.1) is 0 Å². The van der Waals surface area contributed by atoms with Crippen molar-refractivity contribution >= 4 is 132 Å². The van der Waals surface area contributed by atoms with Crippen LogP contribution in [-0.4, -0.2) is 465 Å². The standard InChI is InChI=1S/C43H72N4O68S11/c1-95-37-11(45-117(65,66)67)16(50)22(7(101-37)3-97-121(77,78)79)104-41-29(114-125(89,90)91)20(54)26(32(111-41)35(58)59)108-39-13(47-119(71,72)73)18(52)24(9(103-39)5-99-123(83,84)85)106-43-30(115-126(92,93)94)21(55)27(33(112-43)36(60)61)109-40-12(46-118(68,69)70)17(51)23(8(102-40)4-98-122(80,81)82)105-42-28(113-124(86,87)88)19(53)25(31(110-42)34(56)57)107-38-10(44-116(62,63)64)15(49)14(48)6(100-38)2-96-120(74,75)76/h6-33,37-55H,2-5H2,1H3,(H,56,57)(H,58,59)(H,60,61)(H,62,63,64)(H,65,66,67)(H,68,69,70)(H,71,72,73)(H,74,75,76)(H,77,78,79)(H,80,81,82)(H,83,84,85)(H,86,87,88)(H,89,90,91)(H,92,93,94)/t6-,7-,8-,9-,10-,11-,12-,13-,14-,15-,16-,17-,18-,19+,20+,21+,22-,23-,24-,25+,26+,27+,28-,29-,30-,31-,32-,33-,37+,38-,39-,40-,41-,42-,43-/m1/s1. The maximum Gasteiger partial charge on any atom is 0.397 e. The van der Waals surface area contributed by atoms with Crippen LogP contribution >= 0.6 is 0 Å². The zero-order valence-corrected chi connectivity index (χ0v) is 69.6. The molecule has 0 bridgehead atoms. The van der Waals surface area contributed by atoms with Crippen molar-refractivity contribution in [1.82, 2.24) is 18.9 Å². The van der Waals surface area contributed by atoms with E-state index in [1.54, 1.807) is 0 Å². The van der Waals surface area contributed by atoms with E-state index in [9.17, 15) is 209 Å². The lowest BCUT2D eigenvalue weighted by atomic mass is 9.94. The van der Waals surface area contributed by atoms with Crippen LogP contribution in [-0.2, 0) is 224 Å². The Balaban J connectivity index is 1.26. The van der Waals surface area contributed by atoms with E-state index < -0.39 is 373 Å². The van der Waals surface area contributed by atoms with E-state index in [-0.39, 0.29) is 0 Å². The smallest absolute Gasteiger partial charge is 0.397 e. The topological polar surface area (TPSA) is 1110 Å². The molecule has 0 aromatic carbocycles. The number of hydrogen-bond donors (Lipinski definition) is 26. The van der Waals surface area contributed by atoms with Crippen molar-refractivity contribution in [3.63, 3.8) is 0 Å². The van der Waals surface area contributed by atoms with Crippen molar-refractivity contribution in [2.24, 2.45) is 0 Å². The maximum atomic E-state index is 13.4. The van der Waals surface area contributed by atoms with Crippen molar-refractivity contribution in [1.29, 1.82) is 0 Å². The molecule has 7 heterocycles. The first-order valence-corrected chi connectivity index (χ1v) is 47.9. The Kier molecular flexibility index (Phi) is 36.0. The molecule has 0 aromatic rings. The molecule has 0 spiro atoms. The van der Waals surface area contributed by atoms with Crippen LogP contribution in [0.4, 0.5) is 0 Å². The van der Waals surface area contributed by atoms with Gasteiger partial charge in [0.15, 0.2) is 80.7 Å². The number of carboxylic acids is 3. The van der Waals surface area contributed by atoms with Gasteiger partial charge >= 0.3 is 132 Å². The minimum absolute atomic E-state index is 0.698. The van der Waals surface area contributed by atoms with Gasteiger partial charge in [-0.05, 0) is 0 Å². The second-order valence-corrected chi connectivity index (χ2v) is 38.3. The molecule has 7 rings (SSSR count). The normalized spacial score (nSPS) is 39.0. The van der Waals surface area contributed by atoms with E-state index in [2.05, 4.69) is 29.3 Å². The highest BCUT2D eigenvalue weighted by molar-refractivity contribution is 7.85. The van der Waals surface area contributed by atoms with E-state index >= 15 is 0 Å². The molecule has 126 heavy (non-hydrogen) atoms. The van der Waals surface area contributed by atoms with Crippen LogP contribution < -0.4 is 18.9 Å². The van der Waals surface area contributed by atoms with Crippen LogP contribution in [0.25, 0.3) is 0 Å². The molecule has 0 unspecified atom stereocenters. The number of aliphatic hydroxyl groups excluding tert-OH is 8. The monoisotopic (exact) mass is 2080 g/mol. The summed E-state index contributed by atoms with van der Waals surface area (Å²) in [5.74, 6) is -7.80. The Hall–Kier alpha value is -3.90. The fourth-order valence-corrected chi connectivity index (χ4v) is 17.7. The minimum Gasteiger partial charge on any atom is -0.479 e. The van der Waals surface area contributed by atoms with Gasteiger partial charge in [-0.25, -0.2) is 43.7 Å². The number of ether oxygens (including phenoxy) is 14. The van der Waals surface area contributed by atoms with Crippen LogP contribution in [0.2, 0.25) is 0 Å². The molecule has 0 amide bonds. The molecule has 0 aromatic heterocycles. The Morgan fingerprint density at radius 1 is 0.254 bits per heavy atom. The van der Waals surface area contributed by atoms with Crippen molar-refractivity contribution < 1.29 is 309 Å². The summed E-state index contributed by atoms with van der Waals surface area (Å²) in [6.07, 6.45) is -96.4. The molecule has 72 nitrogen and oxygen atoms in total. The van der Waals surface area contributed by atoms with Gasteiger partial charge in [-0.2, -0.15) is 111 Å². The summed E-state index contributed by atoms with van der Waals surface area (Å²) in [7, 11) is -65.2. The first-order valence-electron chi connectivity index (χ1n) is 32.6. The Morgan fingerprint density at radius 3 is 0.675 bits per heavy atom. The van der Waals surface area contributed by atoms with Gasteiger partial charge in [-0.1, -0.05) is 0 Å². The largest absolute Gasteiger partial charge is 0.479 e. The third-order valence-electron chi connectivity index (χ3n) is 17.4. The average Bonchev–Trinajstić information content (AvgIpc) is 0.756. The molecular weight excluding hydrogens is 2010 g/mol. The molecular formula is C43H72N4O68S11. The van der Waals surface area contributed by atoms with Gasteiger partial charge in [-0.3, -0.25) is 50.1 Å². The van der Waals surface area contributed by atoms with E-state index in [1.807, 2.05) is 0 Å². The maximum absolute atomic E-state index is 13.4. The van der Waals surface area contributed by atoms with Crippen LogP contribution in [0.5, 0.6) is 0 Å². The first-order chi connectivity index (χ1) is 57.0. The predicted molar refractivity (Wildman–Crippen MR) is 361 cm³/mol. The SMILES string of the molecule is CO[C@H]1O[C@H](COS(=O)(=O)O)[C@@H](O[C@@H]2O[C@@H](C(=O)O)[C@@H](O[C@H]3O[C@H](COS(=O)(=O)O)[C@@H](O[C@@H]4O[C@@H](C(=O)O)[C@@H](O[C@H]5O[C@H](COS(=O)(=O)O)[C@@H](O[C@@H]6O[C@@H](C(=O)O)[C@@H](O[C@H]7O[C@H](COS(=O)(=O)O)[C@@H](O)[C@H](O)[C@H]7NS(=O)(=O)O)[C@H](O)[C@H]6OS(=O)(=O)O)[C@H](O)[C@H]5NS(=O)(=O)O)[C@H](O)[C@H]4OS(=O)(=O)O)[C@H](O)[C@H]3NS(=O)(=O)O)[C@H](O)[C@H]2OS(=O)(=O)O)[C@H](O)[C@H]1NS(=O)(=O)O. The number of aliphatic carboxylic acids is 3. The molecule has 0 radical (unpaired) electrons. The second-order valence-electron chi connectivity index (χ2n) is 26.0. The van der Waals surface area contributed by atoms with E-state index in [1.165, 1.54) is 9.44 Å². The summed E-state index contributed by atoms with van der Waals surface area (Å²) in [6.45, 7) is -7.39. The summed E-state index contributed by atoms with van der Waals surface area (Å²) in [6, 6.07) is -11.6. The van der Waals surface area contributed by atoms with Crippen LogP contribution in [0.15, 0.2) is 0 Å². The van der Waals surface area contributed by atoms with E-state index in [4.69, 9.17) is 70.9 Å². The highest BCUT2D eigenvalue weighted by Crippen LogP contribution is 2.41. The van der Waals surface area contributed by atoms with E-state index in [0.29, 0.717) is 7.11 Å². The van der Waals surface area contributed by atoms with Crippen molar-refractivity contribution in [2.75, 3.05) is 33.5 Å². The molecule has 7 aliphatic heterocycles. The Bertz CT molecular complexity index is 5150. The van der Waals surface area contributed by atoms with Gasteiger partial charge in [0.1, 0.15) is 134 Å². The molecule has 0 aliphatic carbocycles. The van der Waals surface area contributed by atoms with Crippen molar-refractivity contribution in [2.45, 2.75) is 215 Å². The summed E-state index contributed by atoms with van der Waals surface area (Å²) in [5, 5.41) is 124. The number of rotatable bonds is 42. The quantitative estimate of drug-likeness (QED) is 0.0252. The number of aliphatic hydroxyl groups is 8. The third kappa shape index (κ3) is 31.4.